The quantitative estimate of drug-likeness (QED) is 0.369. The third-order valence-electron chi connectivity index (χ3n) is 6.59. The van der Waals surface area contributed by atoms with E-state index in [0.29, 0.717) is 30.0 Å². The maximum absolute atomic E-state index is 12.9. The number of aromatic nitrogens is 2. The molecular formula is C26H31N5O4. The molecule has 35 heavy (non-hydrogen) atoms. The predicted molar refractivity (Wildman–Crippen MR) is 133 cm³/mol. The molecule has 1 saturated heterocycles. The molecular weight excluding hydrogens is 446 g/mol. The van der Waals surface area contributed by atoms with Crippen LogP contribution in [0.1, 0.15) is 51.8 Å². The summed E-state index contributed by atoms with van der Waals surface area (Å²) in [5.41, 5.74) is 3.56. The molecule has 2 aromatic carbocycles. The minimum absolute atomic E-state index is 0.0459. The van der Waals surface area contributed by atoms with E-state index < -0.39 is 4.92 Å². The fourth-order valence-corrected chi connectivity index (χ4v) is 4.69. The van der Waals surface area contributed by atoms with Gasteiger partial charge in [0.15, 0.2) is 0 Å². The third kappa shape index (κ3) is 5.51. The van der Waals surface area contributed by atoms with E-state index in [1.54, 1.807) is 37.8 Å². The van der Waals surface area contributed by atoms with Gasteiger partial charge in [-0.05, 0) is 75.2 Å². The van der Waals surface area contributed by atoms with Crippen molar-refractivity contribution in [3.63, 3.8) is 0 Å². The molecule has 9 heteroatoms. The van der Waals surface area contributed by atoms with Crippen molar-refractivity contribution in [3.8, 4) is 5.75 Å². The van der Waals surface area contributed by atoms with Crippen molar-refractivity contribution in [2.45, 2.75) is 39.3 Å². The molecule has 1 fully saturated rings. The molecule has 4 rings (SSSR count). The monoisotopic (exact) mass is 477 g/mol. The van der Waals surface area contributed by atoms with Crippen LogP contribution in [0.3, 0.4) is 0 Å². The van der Waals surface area contributed by atoms with Gasteiger partial charge in [0.2, 0.25) is 0 Å². The average molecular weight is 478 g/mol. The Bertz CT molecular complexity index is 1200. The SMILES string of the molecule is COc1cccc(C(CNC(=O)c2ccc(Cn3nc(C)c([N+](=O)[O-])c3C)cc2)N2CCCC2)c1. The van der Waals surface area contributed by atoms with Crippen LogP contribution in [0, 0.1) is 24.0 Å². The second-order valence-electron chi connectivity index (χ2n) is 8.88. The molecule has 184 valence electrons. The fourth-order valence-electron chi connectivity index (χ4n) is 4.69. The van der Waals surface area contributed by atoms with Gasteiger partial charge >= 0.3 is 5.69 Å². The van der Waals surface area contributed by atoms with Gasteiger partial charge in [-0.15, -0.1) is 0 Å². The van der Waals surface area contributed by atoms with Gasteiger partial charge in [-0.1, -0.05) is 24.3 Å². The Hall–Kier alpha value is -3.72. The van der Waals surface area contributed by atoms with Crippen LogP contribution >= 0.6 is 0 Å². The second-order valence-corrected chi connectivity index (χ2v) is 8.88. The van der Waals surface area contributed by atoms with Crippen LogP contribution in [0.25, 0.3) is 0 Å². The summed E-state index contributed by atoms with van der Waals surface area (Å²) in [4.78, 5) is 26.2. The van der Waals surface area contributed by atoms with E-state index in [1.807, 2.05) is 30.3 Å². The number of amides is 1. The predicted octanol–water partition coefficient (Wildman–Crippen LogP) is 4.03. The molecule has 1 unspecified atom stereocenters. The summed E-state index contributed by atoms with van der Waals surface area (Å²) >= 11 is 0. The lowest BCUT2D eigenvalue weighted by molar-refractivity contribution is -0.386. The lowest BCUT2D eigenvalue weighted by atomic mass is 10.0. The highest BCUT2D eigenvalue weighted by Gasteiger charge is 2.25. The molecule has 1 atom stereocenters. The summed E-state index contributed by atoms with van der Waals surface area (Å²) in [6.07, 6.45) is 2.32. The number of hydrogen-bond donors (Lipinski definition) is 1. The van der Waals surface area contributed by atoms with E-state index in [4.69, 9.17) is 4.74 Å². The molecule has 0 radical (unpaired) electrons. The highest BCUT2D eigenvalue weighted by atomic mass is 16.6. The first kappa shape index (κ1) is 24.4. The van der Waals surface area contributed by atoms with Crippen LogP contribution < -0.4 is 10.1 Å². The lowest BCUT2D eigenvalue weighted by Gasteiger charge is -2.28. The summed E-state index contributed by atoms with van der Waals surface area (Å²) in [5, 5.41) is 18.6. The molecule has 2 heterocycles. The molecule has 0 bridgehead atoms. The zero-order valence-electron chi connectivity index (χ0n) is 20.4. The zero-order chi connectivity index (χ0) is 24.9. The number of nitro groups is 1. The van der Waals surface area contributed by atoms with Gasteiger partial charge in [-0.25, -0.2) is 0 Å². The minimum Gasteiger partial charge on any atom is -0.497 e. The molecule has 1 aliphatic rings. The van der Waals surface area contributed by atoms with E-state index >= 15 is 0 Å². The molecule has 0 aliphatic carbocycles. The highest BCUT2D eigenvalue weighted by molar-refractivity contribution is 5.94. The fraction of sp³-hybridized carbons (Fsp3) is 0.385. The first-order valence-electron chi connectivity index (χ1n) is 11.8. The Morgan fingerprint density at radius 1 is 1.17 bits per heavy atom. The van der Waals surface area contributed by atoms with Gasteiger partial charge in [-0.3, -0.25) is 24.5 Å². The molecule has 1 aromatic heterocycles. The number of carbonyl (C=O) groups is 1. The number of benzene rings is 2. The van der Waals surface area contributed by atoms with Crippen LogP contribution in [0.2, 0.25) is 0 Å². The summed E-state index contributed by atoms with van der Waals surface area (Å²) in [5.74, 6) is 0.673. The van der Waals surface area contributed by atoms with Gasteiger partial charge in [0.05, 0.1) is 24.6 Å². The second kappa shape index (κ2) is 10.7. The lowest BCUT2D eigenvalue weighted by Crippen LogP contribution is -2.36. The van der Waals surface area contributed by atoms with E-state index in [2.05, 4.69) is 21.4 Å². The average Bonchev–Trinajstić information content (AvgIpc) is 3.47. The maximum atomic E-state index is 12.9. The van der Waals surface area contributed by atoms with Crippen LogP contribution in [0.15, 0.2) is 48.5 Å². The van der Waals surface area contributed by atoms with Gasteiger partial charge in [0.25, 0.3) is 5.91 Å². The zero-order valence-corrected chi connectivity index (χ0v) is 20.4. The molecule has 1 N–H and O–H groups in total. The van der Waals surface area contributed by atoms with Crippen LogP contribution in [0.4, 0.5) is 5.69 Å². The highest BCUT2D eigenvalue weighted by Crippen LogP contribution is 2.27. The number of aryl methyl sites for hydroxylation is 1. The summed E-state index contributed by atoms with van der Waals surface area (Å²) in [6, 6.07) is 15.4. The van der Waals surface area contributed by atoms with Crippen LogP contribution in [-0.2, 0) is 6.54 Å². The number of nitrogens with one attached hydrogen (secondary N) is 1. The Morgan fingerprint density at radius 3 is 2.51 bits per heavy atom. The Kier molecular flexibility index (Phi) is 7.45. The van der Waals surface area contributed by atoms with Crippen molar-refractivity contribution in [1.29, 1.82) is 0 Å². The number of methoxy groups -OCH3 is 1. The number of carbonyl (C=O) groups excluding carboxylic acids is 1. The Morgan fingerprint density at radius 2 is 1.89 bits per heavy atom. The molecule has 3 aromatic rings. The molecule has 1 aliphatic heterocycles. The number of ether oxygens (including phenoxy) is 1. The first-order valence-corrected chi connectivity index (χ1v) is 11.8. The Labute approximate surface area is 204 Å². The number of likely N-dealkylation sites (tertiary alicyclic amines) is 1. The van der Waals surface area contributed by atoms with Crippen molar-refractivity contribution in [1.82, 2.24) is 20.0 Å². The third-order valence-corrected chi connectivity index (χ3v) is 6.59. The van der Waals surface area contributed by atoms with E-state index in [1.165, 1.54) is 0 Å². The largest absolute Gasteiger partial charge is 0.497 e. The minimum atomic E-state index is -0.400. The summed E-state index contributed by atoms with van der Waals surface area (Å²) in [7, 11) is 1.66. The normalized spacial score (nSPS) is 14.6. The molecule has 9 nitrogen and oxygen atoms in total. The summed E-state index contributed by atoms with van der Waals surface area (Å²) in [6.45, 7) is 6.25. The standard InChI is InChI=1S/C26H31N5O4/c1-18-25(31(33)34)19(2)30(28-18)17-20-9-11-21(12-10-20)26(32)27-16-24(29-13-4-5-14-29)22-7-6-8-23(15-22)35-3/h6-12,15,24H,4-5,13-14,16-17H2,1-3H3,(H,27,32). The van der Waals surface area contributed by atoms with Crippen molar-refractivity contribution in [2.75, 3.05) is 26.7 Å². The summed E-state index contributed by atoms with van der Waals surface area (Å²) < 4.78 is 7.02. The van der Waals surface area contributed by atoms with Crippen LogP contribution in [0.5, 0.6) is 5.75 Å². The number of hydrogen-bond acceptors (Lipinski definition) is 6. The van der Waals surface area contributed by atoms with E-state index in [-0.39, 0.29) is 17.6 Å². The van der Waals surface area contributed by atoms with Crippen molar-refractivity contribution < 1.29 is 14.5 Å². The first-order chi connectivity index (χ1) is 16.9. The smallest absolute Gasteiger partial charge is 0.312 e. The van der Waals surface area contributed by atoms with Gasteiger partial charge in [0, 0.05) is 12.1 Å². The maximum Gasteiger partial charge on any atom is 0.312 e. The molecule has 1 amide bonds. The van der Waals surface area contributed by atoms with E-state index in [9.17, 15) is 14.9 Å². The van der Waals surface area contributed by atoms with Gasteiger partial charge in [0.1, 0.15) is 17.1 Å². The number of rotatable bonds is 9. The number of nitrogens with zero attached hydrogens (tertiary/aromatic N) is 4. The van der Waals surface area contributed by atoms with Gasteiger partial charge in [-0.2, -0.15) is 5.10 Å². The van der Waals surface area contributed by atoms with E-state index in [0.717, 1.165) is 42.8 Å². The van der Waals surface area contributed by atoms with Crippen molar-refractivity contribution in [2.24, 2.45) is 0 Å². The topological polar surface area (TPSA) is 103 Å². The van der Waals surface area contributed by atoms with Gasteiger partial charge < -0.3 is 10.1 Å². The Balaban J connectivity index is 1.43. The molecule has 0 saturated carbocycles. The van der Waals surface area contributed by atoms with Crippen molar-refractivity contribution in [3.05, 3.63) is 86.7 Å². The molecule has 0 spiro atoms. The van der Waals surface area contributed by atoms with Crippen LogP contribution in [-0.4, -0.2) is 52.3 Å². The van der Waals surface area contributed by atoms with Crippen molar-refractivity contribution >= 4 is 11.6 Å².